The third-order valence-electron chi connectivity index (χ3n) is 6.90. The number of amides is 1. The standard InChI is InChI=1S/C29H30BrIN2O2S/c30-21-15-20(27(24(31)16-21)35-18-19-9-3-1-4-10-19)17-32-29-26(23-13-7-8-14-25(23)36-29)28(34)33-22-11-5-2-6-12-22/h1,3-4,9-10,15-17,22H,2,5-8,11-14,18H2,(H,33,34). The third-order valence-corrected chi connectivity index (χ3v) is 9.36. The van der Waals surface area contributed by atoms with E-state index in [0.717, 1.165) is 67.6 Å². The Morgan fingerprint density at radius 1 is 1.11 bits per heavy atom. The lowest BCUT2D eigenvalue weighted by molar-refractivity contribution is 0.0927. The summed E-state index contributed by atoms with van der Waals surface area (Å²) in [7, 11) is 0. The predicted octanol–water partition coefficient (Wildman–Crippen LogP) is 8.39. The molecule has 188 valence electrons. The lowest BCUT2D eigenvalue weighted by atomic mass is 9.93. The van der Waals surface area contributed by atoms with Gasteiger partial charge in [0.05, 0.1) is 9.13 Å². The van der Waals surface area contributed by atoms with Gasteiger partial charge in [-0.25, -0.2) is 4.99 Å². The Bertz CT molecular complexity index is 1250. The molecule has 36 heavy (non-hydrogen) atoms. The summed E-state index contributed by atoms with van der Waals surface area (Å²) >= 11 is 7.62. The number of ether oxygens (including phenoxy) is 1. The number of nitrogens with one attached hydrogen (secondary N) is 1. The molecule has 0 unspecified atom stereocenters. The number of carbonyl (C=O) groups is 1. The van der Waals surface area contributed by atoms with Crippen molar-refractivity contribution in [2.45, 2.75) is 70.4 Å². The zero-order valence-electron chi connectivity index (χ0n) is 20.2. The van der Waals surface area contributed by atoms with Gasteiger partial charge < -0.3 is 10.1 Å². The molecule has 1 heterocycles. The molecule has 4 nitrogen and oxygen atoms in total. The molecule has 1 aromatic heterocycles. The van der Waals surface area contributed by atoms with Crippen molar-refractivity contribution in [3.05, 3.63) is 77.6 Å². The summed E-state index contributed by atoms with van der Waals surface area (Å²) in [5, 5.41) is 4.16. The van der Waals surface area contributed by atoms with Crippen molar-refractivity contribution in [1.82, 2.24) is 5.32 Å². The van der Waals surface area contributed by atoms with Gasteiger partial charge in [0.2, 0.25) is 0 Å². The summed E-state index contributed by atoms with van der Waals surface area (Å²) < 4.78 is 8.25. The van der Waals surface area contributed by atoms with Gasteiger partial charge in [0.1, 0.15) is 17.4 Å². The Labute approximate surface area is 239 Å². The highest BCUT2D eigenvalue weighted by molar-refractivity contribution is 14.1. The number of fused-ring (bicyclic) bond motifs is 1. The van der Waals surface area contributed by atoms with Gasteiger partial charge in [-0.15, -0.1) is 11.3 Å². The number of thiophene rings is 1. The fourth-order valence-electron chi connectivity index (χ4n) is 5.07. The summed E-state index contributed by atoms with van der Waals surface area (Å²) in [6.07, 6.45) is 12.0. The average molecular weight is 677 g/mol. The number of hydrogen-bond acceptors (Lipinski definition) is 4. The minimum atomic E-state index is 0.0535. The number of carbonyl (C=O) groups excluding carboxylic acids is 1. The maximum absolute atomic E-state index is 13.5. The van der Waals surface area contributed by atoms with Crippen molar-refractivity contribution >= 4 is 67.0 Å². The molecule has 2 aromatic carbocycles. The molecule has 2 aliphatic rings. The zero-order chi connectivity index (χ0) is 24.9. The molecule has 2 aliphatic carbocycles. The first-order chi connectivity index (χ1) is 17.6. The van der Waals surface area contributed by atoms with Crippen LogP contribution in [0, 0.1) is 3.57 Å². The number of nitrogens with zero attached hydrogens (tertiary/aromatic N) is 1. The van der Waals surface area contributed by atoms with Crippen LogP contribution >= 0.6 is 49.9 Å². The molecule has 3 aromatic rings. The SMILES string of the molecule is O=C(NC1CCCCC1)c1c(N=Cc2cc(Br)cc(I)c2OCc2ccccc2)sc2c1CCCC2. The van der Waals surface area contributed by atoms with Crippen LogP contribution < -0.4 is 10.1 Å². The average Bonchev–Trinajstić information content (AvgIpc) is 3.26. The van der Waals surface area contributed by atoms with Crippen molar-refractivity contribution < 1.29 is 9.53 Å². The second-order valence-corrected chi connectivity index (χ2v) is 12.7. The third kappa shape index (κ3) is 6.22. The Balaban J connectivity index is 1.44. The van der Waals surface area contributed by atoms with Crippen LogP contribution in [0.3, 0.4) is 0 Å². The van der Waals surface area contributed by atoms with Gasteiger partial charge in [0.25, 0.3) is 5.91 Å². The van der Waals surface area contributed by atoms with Crippen molar-refractivity contribution in [2.24, 2.45) is 4.99 Å². The van der Waals surface area contributed by atoms with Gasteiger partial charge in [-0.2, -0.15) is 0 Å². The molecule has 7 heteroatoms. The quantitative estimate of drug-likeness (QED) is 0.202. The van der Waals surface area contributed by atoms with E-state index >= 15 is 0 Å². The molecule has 0 saturated heterocycles. The monoisotopic (exact) mass is 676 g/mol. The van der Waals surface area contributed by atoms with Gasteiger partial charge in [-0.3, -0.25) is 4.79 Å². The fourth-order valence-corrected chi connectivity index (χ4v) is 8.00. The molecular weight excluding hydrogens is 647 g/mol. The first-order valence-corrected chi connectivity index (χ1v) is 15.4. The van der Waals surface area contributed by atoms with Gasteiger partial charge in [-0.05, 0) is 84.4 Å². The zero-order valence-corrected chi connectivity index (χ0v) is 24.8. The van der Waals surface area contributed by atoms with Crippen LogP contribution in [0.1, 0.15) is 76.9 Å². The molecule has 0 atom stereocenters. The number of rotatable bonds is 7. The topological polar surface area (TPSA) is 50.7 Å². The van der Waals surface area contributed by atoms with Gasteiger partial charge in [-0.1, -0.05) is 65.5 Å². The van der Waals surface area contributed by atoms with Crippen LogP contribution in [-0.2, 0) is 19.4 Å². The Morgan fingerprint density at radius 3 is 2.69 bits per heavy atom. The number of hydrogen-bond donors (Lipinski definition) is 1. The van der Waals surface area contributed by atoms with E-state index in [1.807, 2.05) is 36.5 Å². The van der Waals surface area contributed by atoms with E-state index in [0.29, 0.717) is 6.61 Å². The lowest BCUT2D eigenvalue weighted by Gasteiger charge is -2.23. The highest BCUT2D eigenvalue weighted by Crippen LogP contribution is 2.40. The van der Waals surface area contributed by atoms with Crippen LogP contribution in [0.2, 0.25) is 0 Å². The second-order valence-electron chi connectivity index (χ2n) is 9.54. The second kappa shape index (κ2) is 12.2. The molecule has 1 N–H and O–H groups in total. The van der Waals surface area contributed by atoms with Crippen molar-refractivity contribution in [1.29, 1.82) is 0 Å². The van der Waals surface area contributed by atoms with E-state index in [2.05, 4.69) is 56.0 Å². The van der Waals surface area contributed by atoms with Crippen LogP contribution in [0.4, 0.5) is 5.00 Å². The highest BCUT2D eigenvalue weighted by Gasteiger charge is 2.27. The fraction of sp³-hybridized carbons (Fsp3) is 0.379. The van der Waals surface area contributed by atoms with E-state index in [9.17, 15) is 4.79 Å². The summed E-state index contributed by atoms with van der Waals surface area (Å²) in [5.74, 6) is 0.860. The number of aliphatic imine (C=N–C) groups is 1. The van der Waals surface area contributed by atoms with Crippen molar-refractivity contribution in [3.8, 4) is 5.75 Å². The van der Waals surface area contributed by atoms with Crippen LogP contribution in [-0.4, -0.2) is 18.2 Å². The Kier molecular flexibility index (Phi) is 8.80. The van der Waals surface area contributed by atoms with E-state index in [4.69, 9.17) is 9.73 Å². The lowest BCUT2D eigenvalue weighted by Crippen LogP contribution is -2.36. The van der Waals surface area contributed by atoms with Crippen LogP contribution in [0.25, 0.3) is 0 Å². The van der Waals surface area contributed by atoms with E-state index in [1.165, 1.54) is 36.1 Å². The minimum Gasteiger partial charge on any atom is -0.487 e. The normalized spacial score (nSPS) is 16.2. The Morgan fingerprint density at radius 2 is 1.89 bits per heavy atom. The summed E-state index contributed by atoms with van der Waals surface area (Å²) in [6.45, 7) is 0.488. The van der Waals surface area contributed by atoms with E-state index < -0.39 is 0 Å². The van der Waals surface area contributed by atoms with Gasteiger partial charge in [0.15, 0.2) is 0 Å². The maximum atomic E-state index is 13.5. The highest BCUT2D eigenvalue weighted by atomic mass is 127. The molecule has 0 radical (unpaired) electrons. The molecule has 1 amide bonds. The summed E-state index contributed by atoms with van der Waals surface area (Å²) in [6, 6.07) is 14.5. The van der Waals surface area contributed by atoms with Crippen molar-refractivity contribution in [3.63, 3.8) is 0 Å². The van der Waals surface area contributed by atoms with Crippen LogP contribution in [0.5, 0.6) is 5.75 Å². The largest absolute Gasteiger partial charge is 0.487 e. The summed E-state index contributed by atoms with van der Waals surface area (Å²) in [5.41, 5.74) is 4.03. The van der Waals surface area contributed by atoms with Gasteiger partial charge in [0, 0.05) is 27.2 Å². The predicted molar refractivity (Wildman–Crippen MR) is 160 cm³/mol. The first-order valence-electron chi connectivity index (χ1n) is 12.7. The minimum absolute atomic E-state index is 0.0535. The summed E-state index contributed by atoms with van der Waals surface area (Å²) in [4.78, 5) is 19.7. The molecular formula is C29H30BrIN2O2S. The number of halogens is 2. The number of aryl methyl sites for hydroxylation is 1. The molecule has 1 fully saturated rings. The molecule has 0 aliphatic heterocycles. The van der Waals surface area contributed by atoms with Crippen LogP contribution in [0.15, 0.2) is 51.9 Å². The molecule has 0 bridgehead atoms. The smallest absolute Gasteiger partial charge is 0.254 e. The molecule has 5 rings (SSSR count). The van der Waals surface area contributed by atoms with E-state index in [-0.39, 0.29) is 11.9 Å². The molecule has 1 saturated carbocycles. The number of benzene rings is 2. The maximum Gasteiger partial charge on any atom is 0.254 e. The van der Waals surface area contributed by atoms with Crippen molar-refractivity contribution in [2.75, 3.05) is 0 Å². The molecule has 0 spiro atoms. The first kappa shape index (κ1) is 25.9. The Hall–Kier alpha value is -1.71. The van der Waals surface area contributed by atoms with E-state index in [1.54, 1.807) is 11.3 Å². The van der Waals surface area contributed by atoms with Gasteiger partial charge >= 0.3 is 0 Å².